The number of hydrogen-bond acceptors (Lipinski definition) is 5. The van der Waals surface area contributed by atoms with E-state index in [2.05, 4.69) is 10.3 Å². The van der Waals surface area contributed by atoms with Crippen LogP contribution in [-0.4, -0.2) is 22.9 Å². The van der Waals surface area contributed by atoms with Gasteiger partial charge in [-0.2, -0.15) is 0 Å². The van der Waals surface area contributed by atoms with Gasteiger partial charge in [-0.1, -0.05) is 12.1 Å². The first-order valence-corrected chi connectivity index (χ1v) is 8.76. The summed E-state index contributed by atoms with van der Waals surface area (Å²) in [4.78, 5) is 27.2. The molecule has 7 nitrogen and oxygen atoms in total. The van der Waals surface area contributed by atoms with Gasteiger partial charge in [0, 0.05) is 47.6 Å². The van der Waals surface area contributed by atoms with Crippen LogP contribution in [-0.2, 0) is 11.2 Å². The minimum Gasteiger partial charge on any atom is -0.497 e. The van der Waals surface area contributed by atoms with Gasteiger partial charge in [0.15, 0.2) is 0 Å². The molecule has 7 heteroatoms. The highest BCUT2D eigenvalue weighted by Gasteiger charge is 2.23. The van der Waals surface area contributed by atoms with Crippen molar-refractivity contribution in [3.05, 3.63) is 70.5 Å². The molecule has 0 saturated heterocycles. The number of carbonyl (C=O) groups is 1. The van der Waals surface area contributed by atoms with E-state index in [1.807, 2.05) is 30.3 Å². The number of methoxy groups -OCH3 is 1. The van der Waals surface area contributed by atoms with Crippen molar-refractivity contribution in [2.24, 2.45) is 0 Å². The average molecular weight is 375 g/mol. The molecule has 0 unspecified atom stereocenters. The number of ether oxygens (including phenoxy) is 1. The fourth-order valence-corrected chi connectivity index (χ4v) is 3.36. The third-order valence-electron chi connectivity index (χ3n) is 4.75. The number of anilines is 1. The third-order valence-corrected chi connectivity index (χ3v) is 4.75. The first kappa shape index (κ1) is 17.7. The lowest BCUT2D eigenvalue weighted by atomic mass is 9.93. The summed E-state index contributed by atoms with van der Waals surface area (Å²) in [6.45, 7) is 0. The molecule has 0 bridgehead atoms. The number of carbonyl (C=O) groups excluding carboxylic acids is 1. The van der Waals surface area contributed by atoms with E-state index < -0.39 is 4.92 Å². The SMILES string of the molecule is COc1cccc(-c2cncc(-c3cc([N+](=O)[O-])cc4c3NC(=O)CC4)c2)c1. The molecule has 3 aromatic rings. The van der Waals surface area contributed by atoms with Crippen molar-refractivity contribution in [2.45, 2.75) is 12.8 Å². The largest absolute Gasteiger partial charge is 0.497 e. The van der Waals surface area contributed by atoms with Crippen LogP contribution in [0.5, 0.6) is 5.75 Å². The quantitative estimate of drug-likeness (QED) is 0.544. The maximum absolute atomic E-state index is 11.9. The van der Waals surface area contributed by atoms with E-state index in [0.29, 0.717) is 29.7 Å². The maximum Gasteiger partial charge on any atom is 0.270 e. The van der Waals surface area contributed by atoms with E-state index in [1.165, 1.54) is 12.1 Å². The Bertz CT molecular complexity index is 1090. The zero-order valence-corrected chi connectivity index (χ0v) is 15.1. The number of nitrogens with zero attached hydrogens (tertiary/aromatic N) is 2. The molecule has 0 radical (unpaired) electrons. The van der Waals surface area contributed by atoms with Crippen molar-refractivity contribution in [2.75, 3.05) is 12.4 Å². The van der Waals surface area contributed by atoms with Crippen LogP contribution in [0.3, 0.4) is 0 Å². The van der Waals surface area contributed by atoms with Gasteiger partial charge >= 0.3 is 0 Å². The summed E-state index contributed by atoms with van der Waals surface area (Å²) in [7, 11) is 1.60. The van der Waals surface area contributed by atoms with Crippen molar-refractivity contribution in [1.29, 1.82) is 0 Å². The van der Waals surface area contributed by atoms with Gasteiger partial charge < -0.3 is 10.1 Å². The average Bonchev–Trinajstić information content (AvgIpc) is 2.73. The molecule has 0 fully saturated rings. The molecule has 28 heavy (non-hydrogen) atoms. The smallest absolute Gasteiger partial charge is 0.270 e. The second-order valence-electron chi connectivity index (χ2n) is 6.53. The minimum absolute atomic E-state index is 0.00307. The van der Waals surface area contributed by atoms with Crippen molar-refractivity contribution in [3.63, 3.8) is 0 Å². The van der Waals surface area contributed by atoms with Crippen molar-refractivity contribution < 1.29 is 14.5 Å². The monoisotopic (exact) mass is 375 g/mol. The number of aryl methyl sites for hydroxylation is 1. The number of nitro groups is 1. The van der Waals surface area contributed by atoms with Gasteiger partial charge in [-0.3, -0.25) is 19.9 Å². The van der Waals surface area contributed by atoms with Gasteiger partial charge in [-0.25, -0.2) is 0 Å². The summed E-state index contributed by atoms with van der Waals surface area (Å²) in [5.74, 6) is 0.627. The van der Waals surface area contributed by atoms with Crippen LogP contribution in [0, 0.1) is 10.1 Å². The number of nitrogens with one attached hydrogen (secondary N) is 1. The highest BCUT2D eigenvalue weighted by Crippen LogP contribution is 2.38. The topological polar surface area (TPSA) is 94.4 Å². The molecular weight excluding hydrogens is 358 g/mol. The maximum atomic E-state index is 11.9. The molecule has 1 N–H and O–H groups in total. The van der Waals surface area contributed by atoms with Crippen molar-refractivity contribution in [3.8, 4) is 28.0 Å². The first-order valence-electron chi connectivity index (χ1n) is 8.76. The van der Waals surface area contributed by atoms with Crippen molar-refractivity contribution >= 4 is 17.3 Å². The summed E-state index contributed by atoms with van der Waals surface area (Å²) in [5, 5.41) is 14.2. The van der Waals surface area contributed by atoms with Crippen LogP contribution < -0.4 is 10.1 Å². The van der Waals surface area contributed by atoms with E-state index in [0.717, 1.165) is 22.4 Å². The van der Waals surface area contributed by atoms with Crippen LogP contribution in [0.1, 0.15) is 12.0 Å². The Kier molecular flexibility index (Phi) is 4.49. The fourth-order valence-electron chi connectivity index (χ4n) is 3.36. The van der Waals surface area contributed by atoms with Crippen LogP contribution in [0.2, 0.25) is 0 Å². The Morgan fingerprint density at radius 2 is 1.89 bits per heavy atom. The number of aromatic nitrogens is 1. The summed E-state index contributed by atoms with van der Waals surface area (Å²) >= 11 is 0. The molecule has 140 valence electrons. The number of amides is 1. The Labute approximate surface area is 161 Å². The minimum atomic E-state index is -0.417. The predicted molar refractivity (Wildman–Crippen MR) is 105 cm³/mol. The van der Waals surface area contributed by atoms with E-state index in [1.54, 1.807) is 19.5 Å². The second kappa shape index (κ2) is 7.11. The molecule has 0 spiro atoms. The summed E-state index contributed by atoms with van der Waals surface area (Å²) in [6, 6.07) is 12.5. The van der Waals surface area contributed by atoms with Gasteiger partial charge in [0.2, 0.25) is 5.91 Å². The normalized spacial score (nSPS) is 12.8. The molecule has 0 atom stereocenters. The summed E-state index contributed by atoms with van der Waals surface area (Å²) < 4.78 is 5.28. The van der Waals surface area contributed by atoms with Crippen LogP contribution >= 0.6 is 0 Å². The number of pyridine rings is 1. The lowest BCUT2D eigenvalue weighted by Gasteiger charge is -2.20. The standard InChI is InChI=1S/C21H17N3O4/c1-28-18-4-2-3-13(9-18)15-7-16(12-22-11-15)19-10-17(24(26)27)8-14-5-6-20(25)23-21(14)19/h2-4,7-12H,5-6H2,1H3,(H,23,25). The molecule has 0 saturated carbocycles. The van der Waals surface area contributed by atoms with Crippen LogP contribution in [0.15, 0.2) is 54.9 Å². The van der Waals surface area contributed by atoms with Crippen molar-refractivity contribution in [1.82, 2.24) is 4.98 Å². The number of fused-ring (bicyclic) bond motifs is 1. The van der Waals surface area contributed by atoms with Gasteiger partial charge in [0.1, 0.15) is 5.75 Å². The number of rotatable bonds is 4. The Hall–Kier alpha value is -3.74. The number of non-ortho nitro benzene ring substituents is 1. The summed E-state index contributed by atoms with van der Waals surface area (Å²) in [5.41, 5.74) is 4.42. The van der Waals surface area contributed by atoms with Gasteiger partial charge in [0.05, 0.1) is 17.7 Å². The molecule has 4 rings (SSSR count). The van der Waals surface area contributed by atoms with Crippen LogP contribution in [0.4, 0.5) is 11.4 Å². The highest BCUT2D eigenvalue weighted by atomic mass is 16.6. The number of hydrogen-bond donors (Lipinski definition) is 1. The molecule has 0 aliphatic carbocycles. The molecule has 1 amide bonds. The lowest BCUT2D eigenvalue weighted by molar-refractivity contribution is -0.384. The second-order valence-corrected chi connectivity index (χ2v) is 6.53. The number of nitro benzene ring substituents is 1. The zero-order chi connectivity index (χ0) is 19.7. The van der Waals surface area contributed by atoms with Gasteiger partial charge in [-0.15, -0.1) is 0 Å². The van der Waals surface area contributed by atoms with E-state index in [-0.39, 0.29) is 11.6 Å². The zero-order valence-electron chi connectivity index (χ0n) is 15.1. The predicted octanol–water partition coefficient (Wildman–Crippen LogP) is 4.22. The fraction of sp³-hybridized carbons (Fsp3) is 0.143. The van der Waals surface area contributed by atoms with E-state index in [4.69, 9.17) is 4.74 Å². The van der Waals surface area contributed by atoms with Gasteiger partial charge in [-0.05, 0) is 35.7 Å². The molecule has 2 aromatic carbocycles. The number of benzene rings is 2. The Morgan fingerprint density at radius 1 is 1.07 bits per heavy atom. The molecule has 1 aromatic heterocycles. The Balaban J connectivity index is 1.86. The third kappa shape index (κ3) is 3.29. The van der Waals surface area contributed by atoms with Crippen LogP contribution in [0.25, 0.3) is 22.3 Å². The molecule has 1 aliphatic heterocycles. The molecule has 2 heterocycles. The molecular formula is C21H17N3O4. The highest BCUT2D eigenvalue weighted by molar-refractivity contribution is 5.99. The van der Waals surface area contributed by atoms with Gasteiger partial charge in [0.25, 0.3) is 5.69 Å². The molecule has 1 aliphatic rings. The Morgan fingerprint density at radius 3 is 2.68 bits per heavy atom. The first-order chi connectivity index (χ1) is 13.5. The summed E-state index contributed by atoms with van der Waals surface area (Å²) in [6.07, 6.45) is 4.15. The van der Waals surface area contributed by atoms with E-state index in [9.17, 15) is 14.9 Å². The van der Waals surface area contributed by atoms with E-state index >= 15 is 0 Å². The lowest BCUT2D eigenvalue weighted by Crippen LogP contribution is -2.20.